The second kappa shape index (κ2) is 5.77. The molecule has 0 fully saturated rings. The number of anilines is 1. The summed E-state index contributed by atoms with van der Waals surface area (Å²) in [6.45, 7) is 5.89. The number of halogens is 3. The number of benzene rings is 1. The number of nitrogens with zero attached hydrogens (tertiary/aromatic N) is 2. The number of nitrogen functional groups attached to an aromatic ring is 1. The highest BCUT2D eigenvalue weighted by Crippen LogP contribution is 2.34. The Kier molecular flexibility index (Phi) is 4.39. The van der Waals surface area contributed by atoms with E-state index in [1.165, 1.54) is 18.2 Å². The number of rotatable bonds is 2. The van der Waals surface area contributed by atoms with Crippen LogP contribution in [0.3, 0.4) is 0 Å². The molecule has 0 unspecified atom stereocenters. The second-order valence-corrected chi connectivity index (χ2v) is 6.76. The molecular formula is C14H14BrClFN3O. The topological polar surface area (TPSA) is 61.0 Å². The van der Waals surface area contributed by atoms with Crippen LogP contribution in [0.5, 0.6) is 11.6 Å². The highest BCUT2D eigenvalue weighted by Gasteiger charge is 2.19. The Morgan fingerprint density at radius 2 is 1.90 bits per heavy atom. The molecule has 0 bridgehead atoms. The van der Waals surface area contributed by atoms with E-state index in [0.29, 0.717) is 10.3 Å². The third-order valence-corrected chi connectivity index (χ3v) is 3.49. The molecule has 0 saturated heterocycles. The summed E-state index contributed by atoms with van der Waals surface area (Å²) in [6.07, 6.45) is 0. The van der Waals surface area contributed by atoms with Gasteiger partial charge in [-0.05, 0) is 22.0 Å². The van der Waals surface area contributed by atoms with Crippen LogP contribution in [0.15, 0.2) is 22.7 Å². The monoisotopic (exact) mass is 373 g/mol. The lowest BCUT2D eigenvalue weighted by molar-refractivity contribution is 0.440. The lowest BCUT2D eigenvalue weighted by Crippen LogP contribution is -2.17. The predicted octanol–water partition coefficient (Wildman–Crippen LogP) is 4.70. The molecule has 2 N–H and O–H groups in total. The van der Waals surface area contributed by atoms with Gasteiger partial charge in [0.15, 0.2) is 0 Å². The van der Waals surface area contributed by atoms with Crippen molar-refractivity contribution in [2.75, 3.05) is 5.73 Å². The molecule has 1 heterocycles. The fraction of sp³-hybridized carbons (Fsp3) is 0.286. The molecule has 4 nitrogen and oxygen atoms in total. The molecule has 0 aliphatic heterocycles. The Labute approximate surface area is 135 Å². The van der Waals surface area contributed by atoms with E-state index in [0.717, 1.165) is 0 Å². The van der Waals surface area contributed by atoms with Gasteiger partial charge in [0.05, 0.1) is 9.50 Å². The quantitative estimate of drug-likeness (QED) is 0.774. The van der Waals surface area contributed by atoms with Crippen LogP contribution < -0.4 is 10.5 Å². The Balaban J connectivity index is 2.40. The number of hydrogen-bond donors (Lipinski definition) is 1. The summed E-state index contributed by atoms with van der Waals surface area (Å²) in [5.74, 6) is 0.760. The van der Waals surface area contributed by atoms with E-state index in [9.17, 15) is 4.39 Å². The van der Waals surface area contributed by atoms with Crippen molar-refractivity contribution < 1.29 is 9.13 Å². The van der Waals surface area contributed by atoms with Crippen molar-refractivity contribution in [1.82, 2.24) is 9.97 Å². The van der Waals surface area contributed by atoms with Crippen LogP contribution in [0.1, 0.15) is 26.6 Å². The molecule has 0 saturated carbocycles. The summed E-state index contributed by atoms with van der Waals surface area (Å²) in [5, 5.41) is 0.00630. The van der Waals surface area contributed by atoms with Gasteiger partial charge in [-0.2, -0.15) is 4.98 Å². The first kappa shape index (κ1) is 16.0. The average molecular weight is 375 g/mol. The zero-order valence-electron chi connectivity index (χ0n) is 11.7. The summed E-state index contributed by atoms with van der Waals surface area (Å²) < 4.78 is 19.6. The fourth-order valence-corrected chi connectivity index (χ4v) is 2.25. The summed E-state index contributed by atoms with van der Waals surface area (Å²) in [6, 6.07) is 4.08. The van der Waals surface area contributed by atoms with Gasteiger partial charge in [0, 0.05) is 17.5 Å². The van der Waals surface area contributed by atoms with Crippen LogP contribution in [0.4, 0.5) is 10.2 Å². The van der Waals surface area contributed by atoms with Crippen LogP contribution in [-0.4, -0.2) is 9.97 Å². The minimum atomic E-state index is -0.576. The minimum absolute atomic E-state index is 0.00630. The average Bonchev–Trinajstić information content (AvgIpc) is 2.34. The maximum absolute atomic E-state index is 13.5. The zero-order chi connectivity index (χ0) is 15.8. The summed E-state index contributed by atoms with van der Waals surface area (Å²) in [5.41, 5.74) is 5.48. The van der Waals surface area contributed by atoms with Gasteiger partial charge in [-0.1, -0.05) is 32.4 Å². The van der Waals surface area contributed by atoms with Crippen LogP contribution in [0.2, 0.25) is 5.02 Å². The van der Waals surface area contributed by atoms with E-state index in [2.05, 4.69) is 25.9 Å². The Hall–Kier alpha value is -1.40. The van der Waals surface area contributed by atoms with Gasteiger partial charge in [-0.15, -0.1) is 0 Å². The van der Waals surface area contributed by atoms with Gasteiger partial charge in [0.2, 0.25) is 5.88 Å². The minimum Gasteiger partial charge on any atom is -0.438 e. The molecule has 0 spiro atoms. The normalized spacial score (nSPS) is 11.5. The third kappa shape index (κ3) is 3.83. The Bertz CT molecular complexity index is 689. The lowest BCUT2D eigenvalue weighted by Gasteiger charge is -2.18. The summed E-state index contributed by atoms with van der Waals surface area (Å²) in [7, 11) is 0. The second-order valence-electron chi connectivity index (χ2n) is 5.50. The summed E-state index contributed by atoms with van der Waals surface area (Å²) >= 11 is 8.96. The fourth-order valence-electron chi connectivity index (χ4n) is 1.53. The molecule has 2 aromatic rings. The number of ether oxygens (including phenoxy) is 1. The van der Waals surface area contributed by atoms with E-state index >= 15 is 0 Å². The maximum Gasteiger partial charge on any atom is 0.224 e. The third-order valence-electron chi connectivity index (χ3n) is 2.58. The summed E-state index contributed by atoms with van der Waals surface area (Å²) in [4.78, 5) is 8.48. The molecule has 0 aliphatic carbocycles. The number of nitrogens with two attached hydrogens (primary N) is 1. The van der Waals surface area contributed by atoms with Crippen molar-refractivity contribution in [2.24, 2.45) is 0 Å². The van der Waals surface area contributed by atoms with E-state index in [-0.39, 0.29) is 27.9 Å². The van der Waals surface area contributed by atoms with Crippen LogP contribution in [0.25, 0.3) is 0 Å². The molecule has 0 atom stereocenters. The van der Waals surface area contributed by atoms with Crippen LogP contribution in [0, 0.1) is 5.82 Å². The van der Waals surface area contributed by atoms with Crippen molar-refractivity contribution >= 4 is 33.3 Å². The maximum atomic E-state index is 13.5. The van der Waals surface area contributed by atoms with E-state index in [4.69, 9.17) is 22.1 Å². The molecule has 1 aromatic heterocycles. The van der Waals surface area contributed by atoms with Gasteiger partial charge in [0.25, 0.3) is 0 Å². The van der Waals surface area contributed by atoms with Gasteiger partial charge in [0.1, 0.15) is 23.2 Å². The SMILES string of the molecule is CC(C)(C)c1nc(N)cc(Oc2cc(F)c(Cl)cc2Br)n1. The van der Waals surface area contributed by atoms with E-state index in [1.54, 1.807) is 0 Å². The first-order valence-electron chi connectivity index (χ1n) is 6.14. The van der Waals surface area contributed by atoms with E-state index in [1.807, 2.05) is 20.8 Å². The first-order chi connectivity index (χ1) is 9.66. The predicted molar refractivity (Wildman–Crippen MR) is 84.3 cm³/mol. The van der Waals surface area contributed by atoms with Crippen molar-refractivity contribution in [2.45, 2.75) is 26.2 Å². The van der Waals surface area contributed by atoms with Crippen molar-refractivity contribution in [1.29, 1.82) is 0 Å². The van der Waals surface area contributed by atoms with Crippen molar-refractivity contribution in [3.8, 4) is 11.6 Å². The van der Waals surface area contributed by atoms with Crippen molar-refractivity contribution in [3.63, 3.8) is 0 Å². The highest BCUT2D eigenvalue weighted by molar-refractivity contribution is 9.10. The van der Waals surface area contributed by atoms with Gasteiger partial charge < -0.3 is 10.5 Å². The van der Waals surface area contributed by atoms with Gasteiger partial charge >= 0.3 is 0 Å². The molecule has 2 rings (SSSR count). The number of hydrogen-bond acceptors (Lipinski definition) is 4. The van der Waals surface area contributed by atoms with Crippen LogP contribution in [-0.2, 0) is 5.41 Å². The number of aromatic nitrogens is 2. The molecule has 0 radical (unpaired) electrons. The van der Waals surface area contributed by atoms with E-state index < -0.39 is 5.82 Å². The largest absolute Gasteiger partial charge is 0.438 e. The smallest absolute Gasteiger partial charge is 0.224 e. The first-order valence-corrected chi connectivity index (χ1v) is 7.31. The molecule has 0 amide bonds. The molecular weight excluding hydrogens is 361 g/mol. The molecule has 21 heavy (non-hydrogen) atoms. The molecule has 0 aliphatic rings. The van der Waals surface area contributed by atoms with Gasteiger partial charge in [-0.3, -0.25) is 0 Å². The Morgan fingerprint density at radius 1 is 1.24 bits per heavy atom. The highest BCUT2D eigenvalue weighted by atomic mass is 79.9. The standard InChI is InChI=1S/C14H14BrClFN3O/c1-14(2,3)13-19-11(18)6-12(20-13)21-10-5-9(17)8(16)4-7(10)15/h4-6H,1-3H3,(H2,18,19,20). The molecule has 112 valence electrons. The van der Waals surface area contributed by atoms with Crippen molar-refractivity contribution in [3.05, 3.63) is 39.3 Å². The lowest BCUT2D eigenvalue weighted by atomic mass is 9.96. The molecule has 7 heteroatoms. The zero-order valence-corrected chi connectivity index (χ0v) is 14.1. The van der Waals surface area contributed by atoms with Crippen LogP contribution >= 0.6 is 27.5 Å². The molecule has 1 aromatic carbocycles. The Morgan fingerprint density at radius 3 is 2.52 bits per heavy atom. The van der Waals surface area contributed by atoms with Gasteiger partial charge in [-0.25, -0.2) is 9.37 Å².